The molecule has 0 spiro atoms. The summed E-state index contributed by atoms with van der Waals surface area (Å²) in [6, 6.07) is 16.2. The highest BCUT2D eigenvalue weighted by molar-refractivity contribution is 9.10. The Bertz CT molecular complexity index is 650. The van der Waals surface area contributed by atoms with Crippen molar-refractivity contribution in [3.05, 3.63) is 70.2 Å². The van der Waals surface area contributed by atoms with Gasteiger partial charge in [0, 0.05) is 4.47 Å². The number of halogens is 1. The van der Waals surface area contributed by atoms with E-state index in [-0.39, 0.29) is 0 Å². The third kappa shape index (κ3) is 4.21. The standard InChI is InChI=1S/C14H12BrNO4S/c15-12-9-5-4-8-11(12)13(10-6-2-1-3-7-10)14(17)20-16-21(18)19/h1-9,13,16H,(H,18,19)/p-1. The molecular formula is C14H11BrNO4S-. The zero-order chi connectivity index (χ0) is 15.2. The average molecular weight is 369 g/mol. The van der Waals surface area contributed by atoms with Gasteiger partial charge in [0.15, 0.2) is 0 Å². The maximum atomic E-state index is 12.2. The van der Waals surface area contributed by atoms with Crippen molar-refractivity contribution >= 4 is 33.2 Å². The van der Waals surface area contributed by atoms with Gasteiger partial charge >= 0.3 is 5.97 Å². The van der Waals surface area contributed by atoms with E-state index in [1.165, 1.54) is 0 Å². The van der Waals surface area contributed by atoms with Gasteiger partial charge in [-0.25, -0.2) is 4.79 Å². The van der Waals surface area contributed by atoms with E-state index in [4.69, 9.17) is 0 Å². The van der Waals surface area contributed by atoms with Gasteiger partial charge in [0.25, 0.3) is 0 Å². The smallest absolute Gasteiger partial charge is 0.337 e. The van der Waals surface area contributed by atoms with E-state index in [0.717, 1.165) is 4.47 Å². The second-order valence-electron chi connectivity index (χ2n) is 4.10. The predicted molar refractivity (Wildman–Crippen MR) is 80.6 cm³/mol. The number of rotatable bonds is 5. The van der Waals surface area contributed by atoms with Crippen LogP contribution in [0.1, 0.15) is 17.0 Å². The van der Waals surface area contributed by atoms with Crippen LogP contribution in [0.2, 0.25) is 0 Å². The van der Waals surface area contributed by atoms with E-state index in [0.29, 0.717) is 11.1 Å². The van der Waals surface area contributed by atoms with Crippen molar-refractivity contribution in [3.63, 3.8) is 0 Å². The minimum atomic E-state index is -2.68. The maximum Gasteiger partial charge on any atom is 0.337 e. The molecule has 0 aliphatic carbocycles. The summed E-state index contributed by atoms with van der Waals surface area (Å²) >= 11 is 0.717. The van der Waals surface area contributed by atoms with Crippen LogP contribution in [-0.2, 0) is 20.9 Å². The Balaban J connectivity index is 2.38. The molecule has 0 saturated carbocycles. The molecule has 110 valence electrons. The van der Waals surface area contributed by atoms with Gasteiger partial charge in [-0.05, 0) is 17.2 Å². The van der Waals surface area contributed by atoms with Crippen LogP contribution in [0.5, 0.6) is 0 Å². The molecule has 0 bridgehead atoms. The molecule has 2 unspecified atom stereocenters. The van der Waals surface area contributed by atoms with Crippen LogP contribution in [0.25, 0.3) is 0 Å². The summed E-state index contributed by atoms with van der Waals surface area (Å²) in [4.78, 5) is 18.5. The fourth-order valence-electron chi connectivity index (χ4n) is 1.93. The molecule has 5 nitrogen and oxygen atoms in total. The Kier molecular flexibility index (Phi) is 5.63. The number of hydrogen-bond donors (Lipinski definition) is 1. The number of nitrogens with one attached hydrogen (secondary N) is 1. The van der Waals surface area contributed by atoms with Crippen molar-refractivity contribution < 1.29 is 18.4 Å². The molecular weight excluding hydrogens is 358 g/mol. The average Bonchev–Trinajstić information content (AvgIpc) is 2.48. The van der Waals surface area contributed by atoms with Crippen LogP contribution in [0.4, 0.5) is 0 Å². The molecule has 1 N–H and O–H groups in total. The summed E-state index contributed by atoms with van der Waals surface area (Å²) < 4.78 is 21.7. The highest BCUT2D eigenvalue weighted by atomic mass is 79.9. The first-order valence-electron chi connectivity index (χ1n) is 5.94. The Labute approximate surface area is 132 Å². The second-order valence-corrected chi connectivity index (χ2v) is 5.59. The van der Waals surface area contributed by atoms with Gasteiger partial charge in [0.1, 0.15) is 5.92 Å². The molecule has 2 aromatic carbocycles. The maximum absolute atomic E-state index is 12.2. The minimum Gasteiger partial charge on any atom is -0.758 e. The number of carbonyl (C=O) groups excluding carboxylic acids is 1. The molecule has 0 amide bonds. The van der Waals surface area contributed by atoms with Gasteiger partial charge in [-0.15, -0.1) is 0 Å². The Hall–Kier alpha value is -1.54. The fourth-order valence-corrected chi connectivity index (χ4v) is 2.60. The molecule has 0 aliphatic rings. The van der Waals surface area contributed by atoms with Gasteiger partial charge in [0.05, 0.1) is 11.3 Å². The lowest BCUT2D eigenvalue weighted by Gasteiger charge is -2.18. The second kappa shape index (κ2) is 7.46. The van der Waals surface area contributed by atoms with E-state index in [1.54, 1.807) is 47.3 Å². The molecule has 7 heteroatoms. The molecule has 0 heterocycles. The van der Waals surface area contributed by atoms with Crippen LogP contribution in [0.15, 0.2) is 59.1 Å². The summed E-state index contributed by atoms with van der Waals surface area (Å²) in [5, 5.41) is 0. The van der Waals surface area contributed by atoms with E-state index in [9.17, 15) is 13.6 Å². The fraction of sp³-hybridized carbons (Fsp3) is 0.0714. The Morgan fingerprint density at radius 3 is 2.38 bits per heavy atom. The SMILES string of the molecule is O=C(ONS(=O)[O-])C(c1ccccc1)c1ccccc1Br. The molecule has 0 aliphatic heterocycles. The van der Waals surface area contributed by atoms with Crippen molar-refractivity contribution in [2.45, 2.75) is 5.92 Å². The van der Waals surface area contributed by atoms with Gasteiger partial charge in [-0.3, -0.25) is 4.21 Å². The van der Waals surface area contributed by atoms with E-state index in [1.807, 2.05) is 12.1 Å². The van der Waals surface area contributed by atoms with Gasteiger partial charge in [-0.1, -0.05) is 69.3 Å². The highest BCUT2D eigenvalue weighted by Gasteiger charge is 2.26. The van der Waals surface area contributed by atoms with E-state index >= 15 is 0 Å². The zero-order valence-electron chi connectivity index (χ0n) is 10.7. The number of carbonyl (C=O) groups is 1. The van der Waals surface area contributed by atoms with Crippen molar-refractivity contribution in [3.8, 4) is 0 Å². The molecule has 2 atom stereocenters. The van der Waals surface area contributed by atoms with Crippen molar-refractivity contribution in [2.24, 2.45) is 0 Å². The summed E-state index contributed by atoms with van der Waals surface area (Å²) in [5.74, 6) is -1.45. The van der Waals surface area contributed by atoms with Crippen LogP contribution >= 0.6 is 15.9 Å². The first-order chi connectivity index (χ1) is 10.1. The number of benzene rings is 2. The summed E-state index contributed by atoms with van der Waals surface area (Å²) in [7, 11) is 0. The van der Waals surface area contributed by atoms with Crippen LogP contribution < -0.4 is 4.89 Å². The zero-order valence-corrected chi connectivity index (χ0v) is 13.1. The third-order valence-electron chi connectivity index (χ3n) is 2.80. The normalized spacial score (nSPS) is 13.4. The molecule has 0 saturated heterocycles. The molecule has 0 radical (unpaired) electrons. The summed E-state index contributed by atoms with van der Waals surface area (Å²) in [5.41, 5.74) is 1.39. The lowest BCUT2D eigenvalue weighted by Crippen LogP contribution is -2.26. The van der Waals surface area contributed by atoms with Crippen molar-refractivity contribution in [2.75, 3.05) is 0 Å². The van der Waals surface area contributed by atoms with Crippen molar-refractivity contribution in [1.82, 2.24) is 4.89 Å². The van der Waals surface area contributed by atoms with Crippen LogP contribution in [-0.4, -0.2) is 14.7 Å². The quantitative estimate of drug-likeness (QED) is 0.649. The predicted octanol–water partition coefficient (Wildman–Crippen LogP) is 2.42. The van der Waals surface area contributed by atoms with Gasteiger partial charge in [-0.2, -0.15) is 0 Å². The van der Waals surface area contributed by atoms with E-state index < -0.39 is 23.2 Å². The molecule has 0 aromatic heterocycles. The highest BCUT2D eigenvalue weighted by Crippen LogP contribution is 2.31. The minimum absolute atomic E-state index is 0.687. The van der Waals surface area contributed by atoms with Crippen LogP contribution in [0, 0.1) is 0 Å². The van der Waals surface area contributed by atoms with Crippen molar-refractivity contribution in [1.29, 1.82) is 0 Å². The topological polar surface area (TPSA) is 78.5 Å². The number of hydrogen-bond acceptors (Lipinski definition) is 4. The molecule has 0 fully saturated rings. The largest absolute Gasteiger partial charge is 0.758 e. The summed E-state index contributed by atoms with van der Waals surface area (Å²) in [6.45, 7) is 0. The molecule has 2 rings (SSSR count). The molecule has 2 aromatic rings. The lowest BCUT2D eigenvalue weighted by molar-refractivity contribution is -0.148. The first-order valence-corrected chi connectivity index (χ1v) is 7.81. The Morgan fingerprint density at radius 1 is 1.14 bits per heavy atom. The monoisotopic (exact) mass is 368 g/mol. The van der Waals surface area contributed by atoms with E-state index in [2.05, 4.69) is 20.8 Å². The third-order valence-corrected chi connectivity index (χ3v) is 3.74. The first kappa shape index (κ1) is 15.8. The van der Waals surface area contributed by atoms with Gasteiger partial charge < -0.3 is 9.39 Å². The van der Waals surface area contributed by atoms with Crippen LogP contribution in [0.3, 0.4) is 0 Å². The summed E-state index contributed by atoms with van der Waals surface area (Å²) in [6.07, 6.45) is 0. The lowest BCUT2D eigenvalue weighted by atomic mass is 9.91. The van der Waals surface area contributed by atoms with Gasteiger partial charge in [0.2, 0.25) is 0 Å². The molecule has 21 heavy (non-hydrogen) atoms. The Morgan fingerprint density at radius 2 is 1.76 bits per heavy atom.